The summed E-state index contributed by atoms with van der Waals surface area (Å²) in [6.45, 7) is 1.42. The van der Waals surface area contributed by atoms with Crippen molar-refractivity contribution in [2.45, 2.75) is 19.4 Å². The van der Waals surface area contributed by atoms with Gasteiger partial charge in [0, 0.05) is 13.0 Å². The predicted molar refractivity (Wildman–Crippen MR) is 68.2 cm³/mol. The SMILES string of the molecule is O=C(O)CCCNCc1nc2ccccc2s1. The number of thiazole rings is 1. The maximum absolute atomic E-state index is 10.3. The molecule has 17 heavy (non-hydrogen) atoms. The first-order valence-electron chi connectivity index (χ1n) is 5.52. The van der Waals surface area contributed by atoms with E-state index in [0.717, 1.165) is 10.5 Å². The Labute approximate surface area is 103 Å². The smallest absolute Gasteiger partial charge is 0.303 e. The molecule has 0 saturated carbocycles. The van der Waals surface area contributed by atoms with Crippen molar-refractivity contribution in [3.05, 3.63) is 29.3 Å². The number of carbonyl (C=O) groups is 1. The molecule has 5 heteroatoms. The summed E-state index contributed by atoms with van der Waals surface area (Å²) in [5.74, 6) is -0.744. The first kappa shape index (κ1) is 12.0. The zero-order valence-electron chi connectivity index (χ0n) is 9.35. The summed E-state index contributed by atoms with van der Waals surface area (Å²) in [5, 5.41) is 12.7. The quantitative estimate of drug-likeness (QED) is 0.772. The number of nitrogens with zero attached hydrogens (tertiary/aromatic N) is 1. The van der Waals surface area contributed by atoms with Gasteiger partial charge in [-0.15, -0.1) is 11.3 Å². The topological polar surface area (TPSA) is 62.2 Å². The Morgan fingerprint density at radius 3 is 3.00 bits per heavy atom. The molecule has 0 saturated heterocycles. The summed E-state index contributed by atoms with van der Waals surface area (Å²) in [5.41, 5.74) is 1.03. The fraction of sp³-hybridized carbons (Fsp3) is 0.333. The molecule has 0 atom stereocenters. The third kappa shape index (κ3) is 3.51. The van der Waals surface area contributed by atoms with Gasteiger partial charge < -0.3 is 10.4 Å². The van der Waals surface area contributed by atoms with E-state index in [2.05, 4.69) is 16.4 Å². The van der Waals surface area contributed by atoms with Gasteiger partial charge in [0.2, 0.25) is 0 Å². The highest BCUT2D eigenvalue weighted by atomic mass is 32.1. The number of hydrogen-bond acceptors (Lipinski definition) is 4. The number of aliphatic carboxylic acids is 1. The minimum atomic E-state index is -0.744. The molecular weight excluding hydrogens is 236 g/mol. The van der Waals surface area contributed by atoms with Crippen LogP contribution in [0.15, 0.2) is 24.3 Å². The van der Waals surface area contributed by atoms with Gasteiger partial charge in [-0.1, -0.05) is 12.1 Å². The fourth-order valence-corrected chi connectivity index (χ4v) is 2.49. The van der Waals surface area contributed by atoms with Crippen molar-refractivity contribution >= 4 is 27.5 Å². The molecule has 2 aromatic rings. The number of aromatic nitrogens is 1. The van der Waals surface area contributed by atoms with Crippen LogP contribution < -0.4 is 5.32 Å². The van der Waals surface area contributed by atoms with E-state index in [1.807, 2.05) is 18.2 Å². The van der Waals surface area contributed by atoms with E-state index in [9.17, 15) is 4.79 Å². The van der Waals surface area contributed by atoms with Gasteiger partial charge in [-0.05, 0) is 25.1 Å². The van der Waals surface area contributed by atoms with Crippen LogP contribution >= 0.6 is 11.3 Å². The maximum atomic E-state index is 10.3. The van der Waals surface area contributed by atoms with Gasteiger partial charge >= 0.3 is 5.97 Å². The Hall–Kier alpha value is -1.46. The minimum absolute atomic E-state index is 0.215. The molecule has 0 aliphatic rings. The molecule has 2 N–H and O–H groups in total. The summed E-state index contributed by atoms with van der Waals surface area (Å²) < 4.78 is 1.19. The Morgan fingerprint density at radius 2 is 2.24 bits per heavy atom. The van der Waals surface area contributed by atoms with Gasteiger partial charge in [0.15, 0.2) is 0 Å². The van der Waals surface area contributed by atoms with Crippen LogP contribution in [0.25, 0.3) is 10.2 Å². The molecular formula is C12H14N2O2S. The van der Waals surface area contributed by atoms with Gasteiger partial charge in [0.1, 0.15) is 5.01 Å². The predicted octanol–water partition coefficient (Wildman–Crippen LogP) is 2.25. The summed E-state index contributed by atoms with van der Waals surface area (Å²) >= 11 is 1.67. The van der Waals surface area contributed by atoms with Crippen LogP contribution in [0.1, 0.15) is 17.8 Å². The van der Waals surface area contributed by atoms with E-state index >= 15 is 0 Å². The van der Waals surface area contributed by atoms with Gasteiger partial charge in [-0.3, -0.25) is 4.79 Å². The first-order chi connectivity index (χ1) is 8.25. The Bertz CT molecular complexity index is 477. The lowest BCUT2D eigenvalue weighted by atomic mass is 10.3. The highest BCUT2D eigenvalue weighted by Gasteiger charge is 2.02. The van der Waals surface area contributed by atoms with Crippen LogP contribution in [-0.4, -0.2) is 22.6 Å². The Kier molecular flexibility index (Phi) is 4.06. The first-order valence-corrected chi connectivity index (χ1v) is 6.34. The number of carboxylic acids is 1. The molecule has 0 aliphatic carbocycles. The molecule has 0 fully saturated rings. The van der Waals surface area contributed by atoms with Gasteiger partial charge in [-0.25, -0.2) is 4.98 Å². The Morgan fingerprint density at radius 1 is 1.41 bits per heavy atom. The zero-order chi connectivity index (χ0) is 12.1. The van der Waals surface area contributed by atoms with Crippen LogP contribution in [0, 0.1) is 0 Å². The number of nitrogens with one attached hydrogen (secondary N) is 1. The average molecular weight is 250 g/mol. The molecule has 0 spiro atoms. The van der Waals surface area contributed by atoms with Crippen LogP contribution in [0.2, 0.25) is 0 Å². The van der Waals surface area contributed by atoms with Crippen LogP contribution in [0.3, 0.4) is 0 Å². The number of benzene rings is 1. The van der Waals surface area contributed by atoms with Crippen molar-refractivity contribution in [3.8, 4) is 0 Å². The molecule has 1 aromatic carbocycles. The maximum Gasteiger partial charge on any atom is 0.303 e. The second-order valence-corrected chi connectivity index (χ2v) is 4.86. The van der Waals surface area contributed by atoms with Crippen molar-refractivity contribution in [1.82, 2.24) is 10.3 Å². The average Bonchev–Trinajstić information content (AvgIpc) is 2.70. The van der Waals surface area contributed by atoms with Crippen molar-refractivity contribution < 1.29 is 9.90 Å². The van der Waals surface area contributed by atoms with Crippen LogP contribution in [0.5, 0.6) is 0 Å². The summed E-state index contributed by atoms with van der Waals surface area (Å²) in [6.07, 6.45) is 0.868. The Balaban J connectivity index is 1.81. The second-order valence-electron chi connectivity index (χ2n) is 3.75. The van der Waals surface area contributed by atoms with Crippen molar-refractivity contribution in [3.63, 3.8) is 0 Å². The zero-order valence-corrected chi connectivity index (χ0v) is 10.2. The lowest BCUT2D eigenvalue weighted by Gasteiger charge is -1.99. The summed E-state index contributed by atoms with van der Waals surface area (Å²) in [6, 6.07) is 8.04. The molecule has 1 heterocycles. The van der Waals surface area contributed by atoms with Gasteiger partial charge in [0.05, 0.1) is 10.2 Å². The van der Waals surface area contributed by atoms with Gasteiger partial charge in [-0.2, -0.15) is 0 Å². The van der Waals surface area contributed by atoms with E-state index in [1.165, 1.54) is 4.70 Å². The molecule has 0 aliphatic heterocycles. The molecule has 1 aromatic heterocycles. The summed E-state index contributed by atoms with van der Waals surface area (Å²) in [7, 11) is 0. The highest BCUT2D eigenvalue weighted by molar-refractivity contribution is 7.18. The van der Waals surface area contributed by atoms with Crippen LogP contribution in [0.4, 0.5) is 0 Å². The minimum Gasteiger partial charge on any atom is -0.481 e. The molecule has 0 bridgehead atoms. The molecule has 4 nitrogen and oxygen atoms in total. The second kappa shape index (κ2) is 5.75. The normalized spacial score (nSPS) is 10.8. The largest absolute Gasteiger partial charge is 0.481 e. The van der Waals surface area contributed by atoms with Crippen LogP contribution in [-0.2, 0) is 11.3 Å². The number of para-hydroxylation sites is 1. The number of hydrogen-bond donors (Lipinski definition) is 2. The molecule has 0 amide bonds. The van der Waals surface area contributed by atoms with Crippen molar-refractivity contribution in [1.29, 1.82) is 0 Å². The van der Waals surface area contributed by atoms with E-state index in [1.54, 1.807) is 11.3 Å². The lowest BCUT2D eigenvalue weighted by Crippen LogP contribution is -2.15. The lowest BCUT2D eigenvalue weighted by molar-refractivity contribution is -0.137. The van der Waals surface area contributed by atoms with E-state index in [4.69, 9.17) is 5.11 Å². The highest BCUT2D eigenvalue weighted by Crippen LogP contribution is 2.21. The van der Waals surface area contributed by atoms with Crippen molar-refractivity contribution in [2.75, 3.05) is 6.54 Å². The van der Waals surface area contributed by atoms with E-state index < -0.39 is 5.97 Å². The molecule has 90 valence electrons. The molecule has 2 rings (SSSR count). The molecule has 0 unspecified atom stereocenters. The van der Waals surface area contributed by atoms with Gasteiger partial charge in [0.25, 0.3) is 0 Å². The number of fused-ring (bicyclic) bond motifs is 1. The number of carboxylic acid groups (broad SMARTS) is 1. The third-order valence-corrected chi connectivity index (χ3v) is 3.39. The van der Waals surface area contributed by atoms with E-state index in [0.29, 0.717) is 19.5 Å². The van der Waals surface area contributed by atoms with Crippen molar-refractivity contribution in [2.24, 2.45) is 0 Å². The summed E-state index contributed by atoms with van der Waals surface area (Å²) in [4.78, 5) is 14.8. The fourth-order valence-electron chi connectivity index (χ4n) is 1.56. The standard InChI is InChI=1S/C12H14N2O2S/c15-12(16)6-3-7-13-8-11-14-9-4-1-2-5-10(9)17-11/h1-2,4-5,13H,3,6-8H2,(H,15,16). The molecule has 0 radical (unpaired) electrons. The third-order valence-electron chi connectivity index (χ3n) is 2.36. The number of rotatable bonds is 6. The van der Waals surface area contributed by atoms with E-state index in [-0.39, 0.29) is 6.42 Å². The monoisotopic (exact) mass is 250 g/mol.